The summed E-state index contributed by atoms with van der Waals surface area (Å²) in [5, 5.41) is 0. The molecule has 1 saturated heterocycles. The molecule has 0 saturated carbocycles. The van der Waals surface area contributed by atoms with E-state index in [-0.39, 0.29) is 12.1 Å². The third-order valence-corrected chi connectivity index (χ3v) is 4.10. The van der Waals surface area contributed by atoms with E-state index in [4.69, 9.17) is 4.74 Å². The summed E-state index contributed by atoms with van der Waals surface area (Å²) in [4.78, 5) is 10.9. The van der Waals surface area contributed by atoms with E-state index in [9.17, 15) is 4.79 Å². The SMILES string of the molecule is CCCCCCCCCCCCC[C@H]1CCC(=O)O1. The molecule has 0 unspecified atom stereocenters. The molecule has 1 atom stereocenters. The number of rotatable bonds is 12. The summed E-state index contributed by atoms with van der Waals surface area (Å²) in [5.41, 5.74) is 0. The van der Waals surface area contributed by atoms with E-state index in [1.807, 2.05) is 0 Å². The zero-order valence-electron chi connectivity index (χ0n) is 12.8. The molecule has 19 heavy (non-hydrogen) atoms. The smallest absolute Gasteiger partial charge is 0.306 e. The van der Waals surface area contributed by atoms with Crippen molar-refractivity contribution in [1.82, 2.24) is 0 Å². The molecule has 0 bridgehead atoms. The van der Waals surface area contributed by atoms with Gasteiger partial charge in [0.05, 0.1) is 0 Å². The minimum absolute atomic E-state index is 0.00748. The first-order valence-corrected chi connectivity index (χ1v) is 8.52. The Morgan fingerprint density at radius 2 is 1.42 bits per heavy atom. The Bertz CT molecular complexity index is 225. The Labute approximate surface area is 119 Å². The van der Waals surface area contributed by atoms with Crippen LogP contribution in [0.2, 0.25) is 0 Å². The second-order valence-electron chi connectivity index (χ2n) is 5.97. The molecule has 0 aliphatic carbocycles. The first kappa shape index (κ1) is 16.5. The molecule has 1 aliphatic heterocycles. The van der Waals surface area contributed by atoms with Crippen LogP contribution in [0.5, 0.6) is 0 Å². The van der Waals surface area contributed by atoms with Crippen molar-refractivity contribution in [1.29, 1.82) is 0 Å². The van der Waals surface area contributed by atoms with Gasteiger partial charge in [-0.3, -0.25) is 4.79 Å². The summed E-state index contributed by atoms with van der Waals surface area (Å²) in [6.45, 7) is 2.27. The molecule has 1 heterocycles. The van der Waals surface area contributed by atoms with E-state index in [1.54, 1.807) is 0 Å². The van der Waals surface area contributed by atoms with E-state index < -0.39 is 0 Å². The Balaban J connectivity index is 1.73. The standard InChI is InChI=1S/C17H32O2/c1-2-3-4-5-6-7-8-9-10-11-12-13-16-14-15-17(18)19-16/h16H,2-15H2,1H3/t16-/m0/s1. The fraction of sp³-hybridized carbons (Fsp3) is 0.941. The lowest BCUT2D eigenvalue weighted by molar-refractivity contribution is -0.141. The molecule has 1 fully saturated rings. The lowest BCUT2D eigenvalue weighted by Gasteiger charge is -2.08. The number of carbonyl (C=O) groups excluding carboxylic acids is 1. The molecular formula is C17H32O2. The number of carbonyl (C=O) groups is 1. The number of hydrogen-bond donors (Lipinski definition) is 0. The fourth-order valence-electron chi connectivity index (χ4n) is 2.82. The Morgan fingerprint density at radius 1 is 0.895 bits per heavy atom. The molecule has 0 N–H and O–H groups in total. The average Bonchev–Trinajstić information content (AvgIpc) is 2.82. The van der Waals surface area contributed by atoms with Crippen molar-refractivity contribution in [2.45, 2.75) is 103 Å². The van der Waals surface area contributed by atoms with Gasteiger partial charge in [-0.05, 0) is 19.3 Å². The molecule has 0 aromatic heterocycles. The summed E-state index contributed by atoms with van der Waals surface area (Å²) < 4.78 is 5.21. The lowest BCUT2D eigenvalue weighted by Crippen LogP contribution is -2.06. The zero-order valence-corrected chi connectivity index (χ0v) is 12.8. The van der Waals surface area contributed by atoms with Gasteiger partial charge in [0.15, 0.2) is 0 Å². The van der Waals surface area contributed by atoms with Crippen LogP contribution in [-0.2, 0) is 9.53 Å². The molecule has 0 spiro atoms. The first-order chi connectivity index (χ1) is 9.33. The van der Waals surface area contributed by atoms with Crippen molar-refractivity contribution in [2.75, 3.05) is 0 Å². The highest BCUT2D eigenvalue weighted by molar-refractivity contribution is 5.71. The van der Waals surface area contributed by atoms with Crippen molar-refractivity contribution in [2.24, 2.45) is 0 Å². The molecule has 112 valence electrons. The molecule has 1 rings (SSSR count). The van der Waals surface area contributed by atoms with Crippen LogP contribution in [0.1, 0.15) is 96.8 Å². The van der Waals surface area contributed by atoms with Gasteiger partial charge in [-0.25, -0.2) is 0 Å². The highest BCUT2D eigenvalue weighted by Gasteiger charge is 2.22. The minimum atomic E-state index is 0.00748. The normalized spacial score (nSPS) is 18.8. The molecular weight excluding hydrogens is 236 g/mol. The third kappa shape index (κ3) is 9.07. The number of cyclic esters (lactones) is 1. The van der Waals surface area contributed by atoms with Gasteiger partial charge in [-0.15, -0.1) is 0 Å². The van der Waals surface area contributed by atoms with Gasteiger partial charge in [0.25, 0.3) is 0 Å². The molecule has 2 nitrogen and oxygen atoms in total. The van der Waals surface area contributed by atoms with Gasteiger partial charge in [0, 0.05) is 6.42 Å². The lowest BCUT2D eigenvalue weighted by atomic mass is 10.0. The maximum atomic E-state index is 10.9. The van der Waals surface area contributed by atoms with Crippen LogP contribution >= 0.6 is 0 Å². The predicted octanol–water partition coefficient (Wildman–Crippen LogP) is 5.39. The number of ether oxygens (including phenoxy) is 1. The van der Waals surface area contributed by atoms with Crippen LogP contribution < -0.4 is 0 Å². The van der Waals surface area contributed by atoms with E-state index in [1.165, 1.54) is 70.6 Å². The maximum Gasteiger partial charge on any atom is 0.306 e. The van der Waals surface area contributed by atoms with Gasteiger partial charge in [0.2, 0.25) is 0 Å². The predicted molar refractivity (Wildman–Crippen MR) is 80.2 cm³/mol. The molecule has 2 heteroatoms. The number of hydrogen-bond acceptors (Lipinski definition) is 2. The van der Waals surface area contributed by atoms with Crippen LogP contribution in [0.25, 0.3) is 0 Å². The van der Waals surface area contributed by atoms with E-state index in [2.05, 4.69) is 6.92 Å². The summed E-state index contributed by atoms with van der Waals surface area (Å²) in [6.07, 6.45) is 18.1. The Hall–Kier alpha value is -0.530. The van der Waals surface area contributed by atoms with Crippen LogP contribution in [0.4, 0.5) is 0 Å². The van der Waals surface area contributed by atoms with Crippen molar-refractivity contribution in [3.63, 3.8) is 0 Å². The van der Waals surface area contributed by atoms with Crippen molar-refractivity contribution >= 4 is 5.97 Å². The summed E-state index contributed by atoms with van der Waals surface area (Å²) in [5.74, 6) is 0.00748. The van der Waals surface area contributed by atoms with Crippen LogP contribution in [0.15, 0.2) is 0 Å². The molecule has 0 aromatic rings. The quantitative estimate of drug-likeness (QED) is 0.350. The number of esters is 1. The molecule has 0 aromatic carbocycles. The highest BCUT2D eigenvalue weighted by atomic mass is 16.5. The highest BCUT2D eigenvalue weighted by Crippen LogP contribution is 2.20. The Kier molecular flexibility index (Phi) is 9.84. The topological polar surface area (TPSA) is 26.3 Å². The summed E-state index contributed by atoms with van der Waals surface area (Å²) >= 11 is 0. The van der Waals surface area contributed by atoms with Gasteiger partial charge < -0.3 is 4.74 Å². The summed E-state index contributed by atoms with van der Waals surface area (Å²) in [6, 6.07) is 0. The van der Waals surface area contributed by atoms with E-state index in [0.717, 1.165) is 12.8 Å². The van der Waals surface area contributed by atoms with Crippen molar-refractivity contribution in [3.05, 3.63) is 0 Å². The van der Waals surface area contributed by atoms with Gasteiger partial charge in [-0.1, -0.05) is 71.1 Å². The summed E-state index contributed by atoms with van der Waals surface area (Å²) in [7, 11) is 0. The first-order valence-electron chi connectivity index (χ1n) is 8.52. The molecule has 1 aliphatic rings. The average molecular weight is 268 g/mol. The maximum absolute atomic E-state index is 10.9. The van der Waals surface area contributed by atoms with Crippen LogP contribution in [0, 0.1) is 0 Å². The Morgan fingerprint density at radius 3 is 1.89 bits per heavy atom. The fourth-order valence-corrected chi connectivity index (χ4v) is 2.82. The van der Waals surface area contributed by atoms with Gasteiger partial charge in [0.1, 0.15) is 6.10 Å². The van der Waals surface area contributed by atoms with Crippen molar-refractivity contribution < 1.29 is 9.53 Å². The van der Waals surface area contributed by atoms with E-state index >= 15 is 0 Å². The van der Waals surface area contributed by atoms with Gasteiger partial charge >= 0.3 is 5.97 Å². The monoisotopic (exact) mass is 268 g/mol. The zero-order chi connectivity index (χ0) is 13.8. The largest absolute Gasteiger partial charge is 0.462 e. The minimum Gasteiger partial charge on any atom is -0.462 e. The van der Waals surface area contributed by atoms with Crippen LogP contribution in [0.3, 0.4) is 0 Å². The molecule has 0 radical (unpaired) electrons. The van der Waals surface area contributed by atoms with Gasteiger partial charge in [-0.2, -0.15) is 0 Å². The second-order valence-corrected chi connectivity index (χ2v) is 5.97. The molecule has 0 amide bonds. The van der Waals surface area contributed by atoms with Crippen molar-refractivity contribution in [3.8, 4) is 0 Å². The van der Waals surface area contributed by atoms with E-state index in [0.29, 0.717) is 6.42 Å². The second kappa shape index (κ2) is 11.3. The number of unbranched alkanes of at least 4 members (excludes halogenated alkanes) is 10. The third-order valence-electron chi connectivity index (χ3n) is 4.10. The van der Waals surface area contributed by atoms with Crippen LogP contribution in [-0.4, -0.2) is 12.1 Å².